The van der Waals surface area contributed by atoms with Gasteiger partial charge in [0.1, 0.15) is 0 Å². The van der Waals surface area contributed by atoms with Crippen LogP contribution in [0.3, 0.4) is 0 Å². The second-order valence-electron chi connectivity index (χ2n) is 7.35. The van der Waals surface area contributed by atoms with Crippen LogP contribution < -0.4 is 14.8 Å². The van der Waals surface area contributed by atoms with Crippen LogP contribution in [0.15, 0.2) is 77.7 Å². The summed E-state index contributed by atoms with van der Waals surface area (Å²) in [4.78, 5) is 12.9. The first-order chi connectivity index (χ1) is 15.6. The molecule has 0 aliphatic heterocycles. The summed E-state index contributed by atoms with van der Waals surface area (Å²) in [5, 5.41) is 2.76. The molecule has 3 aromatic rings. The van der Waals surface area contributed by atoms with Crippen LogP contribution in [0, 0.1) is 6.92 Å². The quantitative estimate of drug-likeness (QED) is 0.418. The predicted molar refractivity (Wildman–Crippen MR) is 131 cm³/mol. The van der Waals surface area contributed by atoms with Crippen molar-refractivity contribution in [1.29, 1.82) is 0 Å². The van der Waals surface area contributed by atoms with Gasteiger partial charge in [0.2, 0.25) is 10.0 Å². The highest BCUT2D eigenvalue weighted by Gasteiger charge is 2.16. The van der Waals surface area contributed by atoms with Gasteiger partial charge in [0.25, 0.3) is 15.9 Å². The largest absolute Gasteiger partial charge is 0.322 e. The molecular weight excluding hydrogens is 462 g/mol. The summed E-state index contributed by atoms with van der Waals surface area (Å²) < 4.78 is 54.3. The molecule has 8 nitrogen and oxygen atoms in total. The minimum atomic E-state index is -3.80. The molecule has 0 saturated heterocycles. The summed E-state index contributed by atoms with van der Waals surface area (Å²) in [6, 6.07) is 18.9. The Bertz CT molecular complexity index is 1360. The van der Waals surface area contributed by atoms with Crippen molar-refractivity contribution in [2.75, 3.05) is 20.5 Å². The van der Waals surface area contributed by atoms with Gasteiger partial charge in [0.15, 0.2) is 0 Å². The van der Waals surface area contributed by atoms with Crippen LogP contribution in [-0.2, 0) is 20.0 Å². The lowest BCUT2D eigenvalue weighted by Crippen LogP contribution is -2.18. The summed E-state index contributed by atoms with van der Waals surface area (Å²) in [5.41, 5.74) is 1.85. The smallest absolute Gasteiger partial charge is 0.261 e. The van der Waals surface area contributed by atoms with Gasteiger partial charge in [-0.25, -0.2) is 16.8 Å². The zero-order chi connectivity index (χ0) is 24.1. The number of benzene rings is 3. The van der Waals surface area contributed by atoms with Gasteiger partial charge in [-0.05, 0) is 61.4 Å². The summed E-state index contributed by atoms with van der Waals surface area (Å²) in [7, 11) is -7.27. The molecule has 0 spiro atoms. The zero-order valence-electron chi connectivity index (χ0n) is 18.2. The number of sulfonamides is 2. The Hall–Kier alpha value is -3.37. The molecule has 0 aromatic heterocycles. The van der Waals surface area contributed by atoms with Gasteiger partial charge in [-0.2, -0.15) is 0 Å². The lowest BCUT2D eigenvalue weighted by Gasteiger charge is -2.15. The van der Waals surface area contributed by atoms with Gasteiger partial charge in [0.05, 0.1) is 16.3 Å². The van der Waals surface area contributed by atoms with Crippen LogP contribution in [0.25, 0.3) is 0 Å². The summed E-state index contributed by atoms with van der Waals surface area (Å²) in [6.07, 6.45) is 0.481. The van der Waals surface area contributed by atoms with E-state index in [1.54, 1.807) is 68.4 Å². The van der Waals surface area contributed by atoms with E-state index in [0.29, 0.717) is 23.4 Å². The third-order valence-electron chi connectivity index (χ3n) is 4.75. The number of amides is 1. The molecule has 174 valence electrons. The van der Waals surface area contributed by atoms with E-state index in [1.807, 2.05) is 0 Å². The normalized spacial score (nSPS) is 11.6. The Labute approximate surface area is 194 Å². The first-order valence-electron chi connectivity index (χ1n) is 10.2. The van der Waals surface area contributed by atoms with Crippen LogP contribution in [0.4, 0.5) is 17.1 Å². The average molecular weight is 488 g/mol. The molecule has 0 radical (unpaired) electrons. The third kappa shape index (κ3) is 6.33. The first kappa shape index (κ1) is 24.3. The maximum Gasteiger partial charge on any atom is 0.261 e. The average Bonchev–Trinajstić information content (AvgIpc) is 2.77. The molecule has 3 N–H and O–H groups in total. The van der Waals surface area contributed by atoms with Gasteiger partial charge >= 0.3 is 0 Å². The van der Waals surface area contributed by atoms with E-state index in [2.05, 4.69) is 14.8 Å². The molecule has 33 heavy (non-hydrogen) atoms. The van der Waals surface area contributed by atoms with E-state index < -0.39 is 26.0 Å². The number of rotatable bonds is 9. The predicted octanol–water partition coefficient (Wildman–Crippen LogP) is 4.20. The molecule has 0 heterocycles. The first-order valence-corrected chi connectivity index (χ1v) is 13.3. The van der Waals surface area contributed by atoms with Crippen molar-refractivity contribution in [3.05, 3.63) is 83.9 Å². The van der Waals surface area contributed by atoms with E-state index in [4.69, 9.17) is 0 Å². The van der Waals surface area contributed by atoms with Gasteiger partial charge in [-0.1, -0.05) is 37.3 Å². The van der Waals surface area contributed by atoms with Crippen LogP contribution >= 0.6 is 0 Å². The van der Waals surface area contributed by atoms with Crippen molar-refractivity contribution in [3.8, 4) is 0 Å². The van der Waals surface area contributed by atoms with Crippen molar-refractivity contribution in [3.63, 3.8) is 0 Å². The maximum absolute atomic E-state index is 12.8. The molecule has 3 rings (SSSR count). The summed E-state index contributed by atoms with van der Waals surface area (Å²) >= 11 is 0. The Morgan fingerprint density at radius 2 is 1.48 bits per heavy atom. The highest BCUT2D eigenvalue weighted by molar-refractivity contribution is 7.93. The number of hydrogen-bond acceptors (Lipinski definition) is 5. The number of anilines is 3. The Morgan fingerprint density at radius 3 is 2.18 bits per heavy atom. The fourth-order valence-corrected chi connectivity index (χ4v) is 5.37. The number of nitrogens with one attached hydrogen (secondary N) is 3. The molecule has 1 amide bonds. The van der Waals surface area contributed by atoms with Crippen molar-refractivity contribution in [2.45, 2.75) is 25.2 Å². The van der Waals surface area contributed by atoms with Crippen molar-refractivity contribution >= 4 is 43.0 Å². The van der Waals surface area contributed by atoms with Crippen LogP contribution in [0.1, 0.15) is 29.3 Å². The maximum atomic E-state index is 12.8. The Kier molecular flexibility index (Phi) is 7.39. The molecule has 10 heteroatoms. The van der Waals surface area contributed by atoms with E-state index in [1.165, 1.54) is 18.2 Å². The van der Waals surface area contributed by atoms with Gasteiger partial charge in [-0.3, -0.25) is 14.2 Å². The fraction of sp³-hybridized carbons (Fsp3) is 0.174. The van der Waals surface area contributed by atoms with Crippen LogP contribution in [0.5, 0.6) is 0 Å². The minimum absolute atomic E-state index is 0.00525. The van der Waals surface area contributed by atoms with Crippen molar-refractivity contribution in [1.82, 2.24) is 0 Å². The third-order valence-corrected chi connectivity index (χ3v) is 7.62. The lowest BCUT2D eigenvalue weighted by molar-refractivity contribution is 0.102. The summed E-state index contributed by atoms with van der Waals surface area (Å²) in [6.45, 7) is 3.47. The van der Waals surface area contributed by atoms with E-state index in [0.717, 1.165) is 0 Å². The highest BCUT2D eigenvalue weighted by Crippen LogP contribution is 2.25. The molecule has 0 bridgehead atoms. The summed E-state index contributed by atoms with van der Waals surface area (Å²) in [5.74, 6) is -0.471. The molecule has 0 saturated carbocycles. The number of carbonyl (C=O) groups is 1. The van der Waals surface area contributed by atoms with E-state index in [-0.39, 0.29) is 21.9 Å². The van der Waals surface area contributed by atoms with E-state index >= 15 is 0 Å². The second-order valence-corrected chi connectivity index (χ2v) is 10.9. The zero-order valence-corrected chi connectivity index (χ0v) is 19.8. The molecule has 0 unspecified atom stereocenters. The minimum Gasteiger partial charge on any atom is -0.322 e. The monoisotopic (exact) mass is 487 g/mol. The molecule has 0 atom stereocenters. The Morgan fingerprint density at radius 1 is 0.818 bits per heavy atom. The number of hydrogen-bond donors (Lipinski definition) is 3. The molecule has 0 aliphatic carbocycles. The standard InChI is InChI=1S/C23H25N3O5S2/c1-3-15-32(28,29)26-22-14-8-13-21(17(22)2)24-23(27)18-9-7-10-19(16-18)25-33(30,31)20-11-5-4-6-12-20/h4-14,16,25-26H,3,15H2,1-2H3,(H,24,27). The second kappa shape index (κ2) is 10.1. The van der Waals surface area contributed by atoms with Gasteiger partial charge in [0, 0.05) is 16.9 Å². The molecular formula is C23H25N3O5S2. The fourth-order valence-electron chi connectivity index (χ4n) is 3.10. The van der Waals surface area contributed by atoms with Crippen molar-refractivity contribution < 1.29 is 21.6 Å². The van der Waals surface area contributed by atoms with Crippen LogP contribution in [0.2, 0.25) is 0 Å². The SMILES string of the molecule is CCCS(=O)(=O)Nc1cccc(NC(=O)c2cccc(NS(=O)(=O)c3ccccc3)c2)c1C. The molecule has 3 aromatic carbocycles. The topological polar surface area (TPSA) is 121 Å². The molecule has 0 fully saturated rings. The van der Waals surface area contributed by atoms with E-state index in [9.17, 15) is 21.6 Å². The van der Waals surface area contributed by atoms with Crippen LogP contribution in [-0.4, -0.2) is 28.5 Å². The lowest BCUT2D eigenvalue weighted by atomic mass is 10.1. The van der Waals surface area contributed by atoms with Crippen molar-refractivity contribution in [2.24, 2.45) is 0 Å². The molecule has 0 aliphatic rings. The van der Waals surface area contributed by atoms with Gasteiger partial charge < -0.3 is 5.32 Å². The van der Waals surface area contributed by atoms with Gasteiger partial charge in [-0.15, -0.1) is 0 Å². The Balaban J connectivity index is 1.79. The highest BCUT2D eigenvalue weighted by atomic mass is 32.2. The number of carbonyl (C=O) groups excluding carboxylic acids is 1.